The summed E-state index contributed by atoms with van der Waals surface area (Å²) >= 11 is 0. The second kappa shape index (κ2) is 10.1. The van der Waals surface area contributed by atoms with E-state index in [0.717, 1.165) is 24.3 Å². The molecule has 7 nitrogen and oxygen atoms in total. The highest BCUT2D eigenvalue weighted by atomic mass is 35.5. The maximum absolute atomic E-state index is 12.9. The van der Waals surface area contributed by atoms with Crippen LogP contribution in [-0.2, 0) is 10.0 Å². The first-order valence-electron chi connectivity index (χ1n) is 10.6. The second-order valence-electron chi connectivity index (χ2n) is 8.28. The van der Waals surface area contributed by atoms with Gasteiger partial charge in [-0.2, -0.15) is 0 Å². The van der Waals surface area contributed by atoms with Crippen molar-refractivity contribution in [2.24, 2.45) is 0 Å². The third-order valence-electron chi connectivity index (χ3n) is 5.53. The first-order valence-corrected chi connectivity index (χ1v) is 12.1. The van der Waals surface area contributed by atoms with Gasteiger partial charge in [0.15, 0.2) is 0 Å². The number of sulfonamides is 1. The summed E-state index contributed by atoms with van der Waals surface area (Å²) in [5.41, 5.74) is 2.46. The molecule has 0 unspecified atom stereocenters. The van der Waals surface area contributed by atoms with Crippen LogP contribution >= 0.6 is 12.4 Å². The Morgan fingerprint density at radius 2 is 1.70 bits per heavy atom. The van der Waals surface area contributed by atoms with Gasteiger partial charge in [0.25, 0.3) is 10.0 Å². The van der Waals surface area contributed by atoms with Gasteiger partial charge in [-0.05, 0) is 57.2 Å². The van der Waals surface area contributed by atoms with Gasteiger partial charge in [-0.15, -0.1) is 12.4 Å². The maximum atomic E-state index is 12.9. The Morgan fingerprint density at radius 1 is 1.03 bits per heavy atom. The molecule has 1 aliphatic rings. The fraction of sp³-hybridized carbons (Fsp3) is 0.333. The molecule has 3 aromatic rings. The lowest BCUT2D eigenvalue weighted by Gasteiger charge is -2.38. The number of methoxy groups -OCH3 is 1. The molecular weight excluding hydrogens is 462 g/mol. The molecule has 0 aliphatic carbocycles. The lowest BCUT2D eigenvalue weighted by Crippen LogP contribution is -2.54. The van der Waals surface area contributed by atoms with E-state index < -0.39 is 10.0 Å². The summed E-state index contributed by atoms with van der Waals surface area (Å²) in [5, 5.41) is 3.54. The molecule has 0 spiro atoms. The van der Waals surface area contributed by atoms with Gasteiger partial charge in [0.1, 0.15) is 11.5 Å². The molecule has 1 saturated heterocycles. The highest BCUT2D eigenvalue weighted by Crippen LogP contribution is 2.40. The minimum absolute atomic E-state index is 0. The first kappa shape index (κ1) is 25.0. The number of benzene rings is 2. The number of hydrogen-bond donors (Lipinski definition) is 2. The summed E-state index contributed by atoms with van der Waals surface area (Å²) in [6, 6.07) is 16.8. The topological polar surface area (TPSA) is 83.8 Å². The van der Waals surface area contributed by atoms with Gasteiger partial charge in [0, 0.05) is 36.4 Å². The van der Waals surface area contributed by atoms with Crippen LogP contribution in [0, 0.1) is 6.92 Å². The van der Waals surface area contributed by atoms with E-state index in [0.29, 0.717) is 29.2 Å². The number of aryl methyl sites for hydroxylation is 1. The number of halogens is 1. The third-order valence-corrected chi connectivity index (χ3v) is 6.88. The molecule has 0 saturated carbocycles. The molecule has 2 heterocycles. The SMILES string of the molecule is COc1ccc(N2C[C@@H](C)N[C@@H](C)C2)cc1-c1cc(C)oc1NS(=O)(=O)c1ccccc1.Cl. The van der Waals surface area contributed by atoms with Gasteiger partial charge < -0.3 is 19.4 Å². The van der Waals surface area contributed by atoms with Crippen molar-refractivity contribution < 1.29 is 17.6 Å². The van der Waals surface area contributed by atoms with E-state index in [2.05, 4.69) is 28.8 Å². The second-order valence-corrected chi connectivity index (χ2v) is 9.96. The van der Waals surface area contributed by atoms with Gasteiger partial charge in [-0.25, -0.2) is 13.1 Å². The van der Waals surface area contributed by atoms with E-state index in [4.69, 9.17) is 9.15 Å². The van der Waals surface area contributed by atoms with Crippen molar-refractivity contribution in [1.82, 2.24) is 5.32 Å². The zero-order valence-electron chi connectivity index (χ0n) is 19.2. The Balaban J connectivity index is 0.00000306. The zero-order chi connectivity index (χ0) is 22.9. The highest BCUT2D eigenvalue weighted by molar-refractivity contribution is 7.92. The Hall–Kier alpha value is -2.68. The van der Waals surface area contributed by atoms with Crippen molar-refractivity contribution in [3.05, 3.63) is 60.4 Å². The number of anilines is 2. The quantitative estimate of drug-likeness (QED) is 0.521. The van der Waals surface area contributed by atoms with Crippen molar-refractivity contribution >= 4 is 34.0 Å². The minimum atomic E-state index is -3.80. The minimum Gasteiger partial charge on any atom is -0.496 e. The van der Waals surface area contributed by atoms with Gasteiger partial charge in [0.2, 0.25) is 5.88 Å². The Labute approximate surface area is 201 Å². The molecule has 2 aromatic carbocycles. The summed E-state index contributed by atoms with van der Waals surface area (Å²) in [7, 11) is -2.19. The molecule has 4 rings (SSSR count). The van der Waals surface area contributed by atoms with Crippen LogP contribution in [0.1, 0.15) is 19.6 Å². The number of ether oxygens (including phenoxy) is 1. The monoisotopic (exact) mass is 491 g/mol. The van der Waals surface area contributed by atoms with Crippen LogP contribution < -0.4 is 19.7 Å². The average Bonchev–Trinajstić information content (AvgIpc) is 3.12. The number of rotatable bonds is 6. The largest absolute Gasteiger partial charge is 0.496 e. The third kappa shape index (κ3) is 5.46. The van der Waals surface area contributed by atoms with Gasteiger partial charge in [-0.3, -0.25) is 0 Å². The lowest BCUT2D eigenvalue weighted by molar-refractivity contribution is 0.406. The van der Waals surface area contributed by atoms with Gasteiger partial charge in [0.05, 0.1) is 17.6 Å². The number of furan rings is 1. The number of nitrogens with one attached hydrogen (secondary N) is 2. The molecule has 178 valence electrons. The van der Waals surface area contributed by atoms with E-state index in [1.54, 1.807) is 44.4 Å². The normalized spacial score (nSPS) is 18.5. The van der Waals surface area contributed by atoms with Crippen molar-refractivity contribution in [1.29, 1.82) is 0 Å². The molecule has 0 radical (unpaired) electrons. The van der Waals surface area contributed by atoms with E-state index in [1.165, 1.54) is 0 Å². The molecule has 1 fully saturated rings. The molecular formula is C24H30ClN3O4S. The van der Waals surface area contributed by atoms with Crippen LogP contribution in [0.15, 0.2) is 63.9 Å². The van der Waals surface area contributed by atoms with Crippen molar-refractivity contribution in [3.8, 4) is 16.9 Å². The van der Waals surface area contributed by atoms with Crippen LogP contribution in [0.25, 0.3) is 11.1 Å². The van der Waals surface area contributed by atoms with E-state index in [-0.39, 0.29) is 23.2 Å². The van der Waals surface area contributed by atoms with Crippen LogP contribution in [0.3, 0.4) is 0 Å². The molecule has 0 bridgehead atoms. The maximum Gasteiger partial charge on any atom is 0.264 e. The van der Waals surface area contributed by atoms with Crippen molar-refractivity contribution in [2.45, 2.75) is 37.8 Å². The lowest BCUT2D eigenvalue weighted by atomic mass is 10.0. The number of hydrogen-bond acceptors (Lipinski definition) is 6. The number of nitrogens with zero attached hydrogens (tertiary/aromatic N) is 1. The molecule has 1 aliphatic heterocycles. The molecule has 0 amide bonds. The smallest absolute Gasteiger partial charge is 0.264 e. The fourth-order valence-electron chi connectivity index (χ4n) is 4.21. The number of piperazine rings is 1. The molecule has 1 aromatic heterocycles. The van der Waals surface area contributed by atoms with Crippen LogP contribution in [0.5, 0.6) is 5.75 Å². The van der Waals surface area contributed by atoms with E-state index >= 15 is 0 Å². The summed E-state index contributed by atoms with van der Waals surface area (Å²) < 4.78 is 39.8. The highest BCUT2D eigenvalue weighted by Gasteiger charge is 2.25. The Morgan fingerprint density at radius 3 is 2.33 bits per heavy atom. The molecule has 2 N–H and O–H groups in total. The predicted octanol–water partition coefficient (Wildman–Crippen LogP) is 4.67. The Kier molecular flexibility index (Phi) is 7.62. The predicted molar refractivity (Wildman–Crippen MR) is 134 cm³/mol. The average molecular weight is 492 g/mol. The van der Waals surface area contributed by atoms with E-state index in [1.807, 2.05) is 24.3 Å². The van der Waals surface area contributed by atoms with E-state index in [9.17, 15) is 8.42 Å². The standard InChI is InChI=1S/C24H29N3O4S.ClH/c1-16-14-27(15-17(2)25-16)19-10-11-23(30-4)21(13-19)22-12-18(3)31-24(22)26-32(28,29)20-8-6-5-7-9-20;/h5-13,16-17,25-26H,14-15H2,1-4H3;1H/t16-,17+;. The van der Waals surface area contributed by atoms with Crippen molar-refractivity contribution in [2.75, 3.05) is 29.8 Å². The van der Waals surface area contributed by atoms with Crippen molar-refractivity contribution in [3.63, 3.8) is 0 Å². The van der Waals surface area contributed by atoms with Gasteiger partial charge >= 0.3 is 0 Å². The first-order chi connectivity index (χ1) is 15.3. The Bertz CT molecular complexity index is 1190. The van der Waals surface area contributed by atoms with Crippen LogP contribution in [-0.4, -0.2) is 40.7 Å². The summed E-state index contributed by atoms with van der Waals surface area (Å²) in [6.07, 6.45) is 0. The van der Waals surface area contributed by atoms with Gasteiger partial charge in [-0.1, -0.05) is 18.2 Å². The van der Waals surface area contributed by atoms with Crippen LogP contribution in [0.4, 0.5) is 11.6 Å². The van der Waals surface area contributed by atoms with Crippen LogP contribution in [0.2, 0.25) is 0 Å². The summed E-state index contributed by atoms with van der Waals surface area (Å²) in [4.78, 5) is 2.50. The zero-order valence-corrected chi connectivity index (χ0v) is 20.8. The molecule has 33 heavy (non-hydrogen) atoms. The summed E-state index contributed by atoms with van der Waals surface area (Å²) in [6.45, 7) is 7.90. The fourth-order valence-corrected chi connectivity index (χ4v) is 5.24. The molecule has 2 atom stereocenters. The summed E-state index contributed by atoms with van der Waals surface area (Å²) in [5.74, 6) is 1.41. The molecule has 9 heteroatoms.